The highest BCUT2D eigenvalue weighted by Gasteiger charge is 2.52. The van der Waals surface area contributed by atoms with E-state index in [-0.39, 0.29) is 24.8 Å². The third kappa shape index (κ3) is 4.48. The minimum Gasteiger partial charge on any atom is -0.316 e. The van der Waals surface area contributed by atoms with Gasteiger partial charge in [0.1, 0.15) is 0 Å². The predicted molar refractivity (Wildman–Crippen MR) is 90.2 cm³/mol. The molecule has 20 heavy (non-hydrogen) atoms. The van der Waals surface area contributed by atoms with Crippen LogP contribution in [0.5, 0.6) is 0 Å². The minimum absolute atomic E-state index is 0. The van der Waals surface area contributed by atoms with Gasteiger partial charge in [0.05, 0.1) is 0 Å². The Bertz CT molecular complexity index is 278. The maximum absolute atomic E-state index is 3.50. The fraction of sp³-hybridized carbons (Fsp3) is 1.00. The van der Waals surface area contributed by atoms with Crippen LogP contribution in [-0.2, 0) is 0 Å². The summed E-state index contributed by atoms with van der Waals surface area (Å²) in [4.78, 5) is 5.41. The fourth-order valence-corrected chi connectivity index (χ4v) is 4.02. The van der Waals surface area contributed by atoms with Gasteiger partial charge in [-0.1, -0.05) is 13.8 Å². The van der Waals surface area contributed by atoms with E-state index >= 15 is 0 Å². The summed E-state index contributed by atoms with van der Waals surface area (Å²) in [6, 6.07) is 0. The molecule has 2 aliphatic heterocycles. The number of rotatable bonds is 4. The van der Waals surface area contributed by atoms with Crippen molar-refractivity contribution in [1.82, 2.24) is 15.1 Å². The van der Waals surface area contributed by atoms with Crippen molar-refractivity contribution in [3.63, 3.8) is 0 Å². The van der Waals surface area contributed by atoms with Gasteiger partial charge in [0.15, 0.2) is 0 Å². The molecular formula is C15H31Cl2N3. The van der Waals surface area contributed by atoms with E-state index in [0.717, 1.165) is 23.7 Å². The highest BCUT2D eigenvalue weighted by Crippen LogP contribution is 2.48. The average molecular weight is 324 g/mol. The van der Waals surface area contributed by atoms with Crippen LogP contribution in [0, 0.1) is 23.7 Å². The molecule has 0 bridgehead atoms. The quantitative estimate of drug-likeness (QED) is 0.853. The van der Waals surface area contributed by atoms with E-state index in [0.29, 0.717) is 0 Å². The maximum atomic E-state index is 3.50. The van der Waals surface area contributed by atoms with Gasteiger partial charge in [0.2, 0.25) is 0 Å². The zero-order chi connectivity index (χ0) is 12.5. The number of nitrogens with zero attached hydrogens (tertiary/aromatic N) is 2. The van der Waals surface area contributed by atoms with Crippen LogP contribution in [0.25, 0.3) is 0 Å². The fourth-order valence-electron chi connectivity index (χ4n) is 4.02. The molecule has 3 atom stereocenters. The molecule has 1 unspecified atom stereocenters. The van der Waals surface area contributed by atoms with Gasteiger partial charge in [0, 0.05) is 26.2 Å². The zero-order valence-electron chi connectivity index (χ0n) is 12.9. The summed E-state index contributed by atoms with van der Waals surface area (Å²) in [6.45, 7) is 15.2. The topological polar surface area (TPSA) is 18.5 Å². The molecule has 3 aliphatic rings. The third-order valence-electron chi connectivity index (χ3n) is 5.04. The average Bonchev–Trinajstić information content (AvgIpc) is 2.81. The number of hydrogen-bond donors (Lipinski definition) is 1. The number of fused-ring (bicyclic) bond motifs is 1. The zero-order valence-corrected chi connectivity index (χ0v) is 14.5. The van der Waals surface area contributed by atoms with Crippen LogP contribution in [0.4, 0.5) is 0 Å². The second-order valence-corrected chi connectivity index (χ2v) is 7.00. The second kappa shape index (κ2) is 8.19. The molecule has 0 amide bonds. The van der Waals surface area contributed by atoms with Gasteiger partial charge in [0.25, 0.3) is 0 Å². The predicted octanol–water partition coefficient (Wildman–Crippen LogP) is 1.96. The normalized spacial score (nSPS) is 34.0. The van der Waals surface area contributed by atoms with Crippen molar-refractivity contribution in [3.8, 4) is 0 Å². The lowest BCUT2D eigenvalue weighted by Gasteiger charge is -2.23. The van der Waals surface area contributed by atoms with Crippen LogP contribution in [0.3, 0.4) is 0 Å². The van der Waals surface area contributed by atoms with Gasteiger partial charge < -0.3 is 15.1 Å². The Morgan fingerprint density at radius 2 is 1.55 bits per heavy atom. The van der Waals surface area contributed by atoms with Crippen LogP contribution in [0.15, 0.2) is 0 Å². The van der Waals surface area contributed by atoms with E-state index in [9.17, 15) is 0 Å². The SMILES string of the molecule is CC(C)CN1CCCN(CC2[C@H]3CNC[C@@H]23)CC1.Cl.Cl. The summed E-state index contributed by atoms with van der Waals surface area (Å²) in [5.41, 5.74) is 0. The molecule has 5 heteroatoms. The molecule has 1 aliphatic carbocycles. The molecular weight excluding hydrogens is 293 g/mol. The molecule has 120 valence electrons. The minimum atomic E-state index is 0. The van der Waals surface area contributed by atoms with Gasteiger partial charge >= 0.3 is 0 Å². The third-order valence-corrected chi connectivity index (χ3v) is 5.04. The van der Waals surface area contributed by atoms with Crippen molar-refractivity contribution in [2.24, 2.45) is 23.7 Å². The largest absolute Gasteiger partial charge is 0.316 e. The van der Waals surface area contributed by atoms with Crippen molar-refractivity contribution < 1.29 is 0 Å². The maximum Gasteiger partial charge on any atom is 0.0109 e. The van der Waals surface area contributed by atoms with Crippen molar-refractivity contribution in [3.05, 3.63) is 0 Å². The van der Waals surface area contributed by atoms with E-state index < -0.39 is 0 Å². The highest BCUT2D eigenvalue weighted by molar-refractivity contribution is 5.85. The van der Waals surface area contributed by atoms with Crippen molar-refractivity contribution >= 4 is 24.8 Å². The Kier molecular flexibility index (Phi) is 7.58. The van der Waals surface area contributed by atoms with Crippen LogP contribution in [0.2, 0.25) is 0 Å². The summed E-state index contributed by atoms with van der Waals surface area (Å²) in [5, 5.41) is 3.50. The van der Waals surface area contributed by atoms with Crippen molar-refractivity contribution in [2.75, 3.05) is 52.4 Å². The first-order valence-electron chi connectivity index (χ1n) is 7.89. The lowest BCUT2D eigenvalue weighted by Crippen LogP contribution is -2.34. The first-order chi connectivity index (χ1) is 8.74. The van der Waals surface area contributed by atoms with Crippen LogP contribution in [0.1, 0.15) is 20.3 Å². The number of hydrogen-bond acceptors (Lipinski definition) is 3. The molecule has 0 radical (unpaired) electrons. The van der Waals surface area contributed by atoms with Gasteiger partial charge in [-0.3, -0.25) is 0 Å². The van der Waals surface area contributed by atoms with E-state index in [1.165, 1.54) is 58.8 Å². The smallest absolute Gasteiger partial charge is 0.0109 e. The van der Waals surface area contributed by atoms with Crippen LogP contribution in [-0.4, -0.2) is 62.2 Å². The first kappa shape index (κ1) is 18.5. The molecule has 2 heterocycles. The summed E-state index contributed by atoms with van der Waals surface area (Å²) in [6.07, 6.45) is 1.37. The summed E-state index contributed by atoms with van der Waals surface area (Å²) < 4.78 is 0. The van der Waals surface area contributed by atoms with Gasteiger partial charge in [-0.05, 0) is 56.3 Å². The van der Waals surface area contributed by atoms with E-state index in [1.54, 1.807) is 0 Å². The summed E-state index contributed by atoms with van der Waals surface area (Å²) >= 11 is 0. The Labute approximate surface area is 136 Å². The van der Waals surface area contributed by atoms with E-state index in [1.807, 2.05) is 0 Å². The van der Waals surface area contributed by atoms with Crippen LogP contribution >= 0.6 is 24.8 Å². The van der Waals surface area contributed by atoms with E-state index in [4.69, 9.17) is 0 Å². The molecule has 3 nitrogen and oxygen atoms in total. The Hall–Kier alpha value is 0.460. The highest BCUT2D eigenvalue weighted by atomic mass is 35.5. The first-order valence-corrected chi connectivity index (χ1v) is 7.89. The number of nitrogens with one attached hydrogen (secondary N) is 1. The monoisotopic (exact) mass is 323 g/mol. The summed E-state index contributed by atoms with van der Waals surface area (Å²) in [7, 11) is 0. The Morgan fingerprint density at radius 1 is 0.950 bits per heavy atom. The van der Waals surface area contributed by atoms with E-state index in [2.05, 4.69) is 29.0 Å². The standard InChI is InChI=1S/C15H29N3.2ClH/c1-12(2)10-17-4-3-5-18(7-6-17)11-15-13-8-16-9-14(13)15;;/h12-16H,3-11H2,1-2H3;2*1H/t13-,14+,15?;;. The Morgan fingerprint density at radius 3 is 2.20 bits per heavy atom. The Balaban J connectivity index is 0.000001000. The van der Waals surface area contributed by atoms with Crippen LogP contribution < -0.4 is 5.32 Å². The van der Waals surface area contributed by atoms with Crippen molar-refractivity contribution in [1.29, 1.82) is 0 Å². The molecule has 0 spiro atoms. The molecule has 3 rings (SSSR count). The number of halogens is 2. The van der Waals surface area contributed by atoms with Crippen molar-refractivity contribution in [2.45, 2.75) is 20.3 Å². The molecule has 2 saturated heterocycles. The van der Waals surface area contributed by atoms with Gasteiger partial charge in [-0.15, -0.1) is 24.8 Å². The molecule has 0 aromatic rings. The molecule has 0 aromatic heterocycles. The molecule has 3 fully saturated rings. The molecule has 1 saturated carbocycles. The van der Waals surface area contributed by atoms with Gasteiger partial charge in [-0.25, -0.2) is 0 Å². The second-order valence-electron chi connectivity index (χ2n) is 7.00. The molecule has 1 N–H and O–H groups in total. The lowest BCUT2D eigenvalue weighted by atomic mass is 10.2. The van der Waals surface area contributed by atoms with Gasteiger partial charge in [-0.2, -0.15) is 0 Å². The lowest BCUT2D eigenvalue weighted by molar-refractivity contribution is 0.230. The number of piperidine rings is 1. The summed E-state index contributed by atoms with van der Waals surface area (Å²) in [5.74, 6) is 3.90. The molecule has 0 aromatic carbocycles.